The van der Waals surface area contributed by atoms with E-state index in [9.17, 15) is 0 Å². The maximum Gasteiger partial charge on any atom is 0.0534 e. The molecule has 262 valence electrons. The van der Waals surface area contributed by atoms with Crippen LogP contribution >= 0.6 is 0 Å². The van der Waals surface area contributed by atoms with E-state index in [4.69, 9.17) is 0 Å². The highest BCUT2D eigenvalue weighted by Gasteiger charge is 2.25. The van der Waals surface area contributed by atoms with Crippen molar-refractivity contribution in [1.82, 2.24) is 0 Å². The number of hydrogen-bond acceptors (Lipinski definition) is 2. The van der Waals surface area contributed by atoms with E-state index in [0.29, 0.717) is 0 Å². The molecule has 0 radical (unpaired) electrons. The number of fused-ring (bicyclic) bond motifs is 6. The minimum absolute atomic E-state index is 1.12. The molecule has 2 aliphatic heterocycles. The van der Waals surface area contributed by atoms with E-state index < -0.39 is 0 Å². The largest absolute Gasteiger partial charge is 0.309 e. The van der Waals surface area contributed by atoms with Gasteiger partial charge in [0.1, 0.15) is 0 Å². The minimum atomic E-state index is 1.12. The van der Waals surface area contributed by atoms with Gasteiger partial charge in [0.2, 0.25) is 0 Å². The lowest BCUT2D eigenvalue weighted by Crippen LogP contribution is -2.12. The number of nitrogens with zero attached hydrogens (tertiary/aromatic N) is 2. The average Bonchev–Trinajstić information content (AvgIpc) is 3.54. The Bertz CT molecular complexity index is 2760. The second-order valence-corrected chi connectivity index (χ2v) is 14.5. The lowest BCUT2D eigenvalue weighted by atomic mass is 9.85. The molecule has 9 aromatic carbocycles. The van der Waals surface area contributed by atoms with Crippen molar-refractivity contribution < 1.29 is 0 Å². The number of rotatable bonds is 4. The summed E-state index contributed by atoms with van der Waals surface area (Å²) in [6.07, 6.45) is 8.95. The monoisotopic (exact) mass is 712 g/mol. The maximum absolute atomic E-state index is 2.43. The first-order valence-corrected chi connectivity index (χ1v) is 19.3. The predicted molar refractivity (Wildman–Crippen MR) is 240 cm³/mol. The molecule has 0 aliphatic carbocycles. The van der Waals surface area contributed by atoms with Crippen molar-refractivity contribution in [2.24, 2.45) is 0 Å². The molecule has 2 nitrogen and oxygen atoms in total. The zero-order valence-corrected chi connectivity index (χ0v) is 30.7. The van der Waals surface area contributed by atoms with Crippen LogP contribution in [0.1, 0.15) is 22.3 Å². The molecule has 0 unspecified atom stereocenters. The third-order valence-corrected chi connectivity index (χ3v) is 11.3. The molecular formula is C54H36N2. The van der Waals surface area contributed by atoms with E-state index in [0.717, 1.165) is 34.1 Å². The van der Waals surface area contributed by atoms with Crippen LogP contribution in [0.5, 0.6) is 0 Å². The minimum Gasteiger partial charge on any atom is -0.309 e. The summed E-state index contributed by atoms with van der Waals surface area (Å²) in [6, 6.07) is 70.8. The SMILES string of the molecule is C1=Cc2ccccc2N(c2ccc3c(-c4ccccc4)c4ccc(N5c6ccccc6C=Cc6ccccc65)cc4c(-c4ccccc4)c3c2)c2ccccc21. The van der Waals surface area contributed by atoms with Crippen molar-refractivity contribution in [2.45, 2.75) is 0 Å². The van der Waals surface area contributed by atoms with E-state index in [2.05, 4.69) is 228 Å². The third-order valence-electron chi connectivity index (χ3n) is 11.3. The number of anilines is 6. The zero-order valence-electron chi connectivity index (χ0n) is 30.7. The molecule has 9 aromatic rings. The van der Waals surface area contributed by atoms with Gasteiger partial charge in [-0.15, -0.1) is 0 Å². The van der Waals surface area contributed by atoms with E-state index in [1.165, 1.54) is 66.1 Å². The van der Waals surface area contributed by atoms with Gasteiger partial charge in [-0.3, -0.25) is 0 Å². The van der Waals surface area contributed by atoms with E-state index >= 15 is 0 Å². The van der Waals surface area contributed by atoms with Crippen LogP contribution in [0, 0.1) is 0 Å². The van der Waals surface area contributed by atoms with Gasteiger partial charge in [-0.2, -0.15) is 0 Å². The van der Waals surface area contributed by atoms with Crippen molar-refractivity contribution in [1.29, 1.82) is 0 Å². The van der Waals surface area contributed by atoms with Crippen LogP contribution in [0.3, 0.4) is 0 Å². The molecule has 0 spiro atoms. The average molecular weight is 713 g/mol. The molecule has 0 atom stereocenters. The first-order valence-electron chi connectivity index (χ1n) is 19.3. The van der Waals surface area contributed by atoms with Gasteiger partial charge in [-0.05, 0) is 115 Å². The summed E-state index contributed by atoms with van der Waals surface area (Å²) in [6.45, 7) is 0. The summed E-state index contributed by atoms with van der Waals surface area (Å²) in [5, 5.41) is 4.87. The van der Waals surface area contributed by atoms with Gasteiger partial charge in [0.05, 0.1) is 22.7 Å². The van der Waals surface area contributed by atoms with Gasteiger partial charge in [0.15, 0.2) is 0 Å². The summed E-state index contributed by atoms with van der Waals surface area (Å²) >= 11 is 0. The molecule has 2 heteroatoms. The molecule has 2 aliphatic rings. The topological polar surface area (TPSA) is 6.48 Å². The lowest BCUT2D eigenvalue weighted by molar-refractivity contribution is 1.28. The van der Waals surface area contributed by atoms with Crippen LogP contribution < -0.4 is 9.80 Å². The fourth-order valence-electron chi connectivity index (χ4n) is 8.82. The first-order chi connectivity index (χ1) is 27.8. The van der Waals surface area contributed by atoms with Gasteiger partial charge in [0.25, 0.3) is 0 Å². The van der Waals surface area contributed by atoms with Crippen molar-refractivity contribution in [3.8, 4) is 22.3 Å². The smallest absolute Gasteiger partial charge is 0.0534 e. The maximum atomic E-state index is 2.43. The molecule has 11 rings (SSSR count). The van der Waals surface area contributed by atoms with Gasteiger partial charge >= 0.3 is 0 Å². The fraction of sp³-hybridized carbons (Fsp3) is 0. The first kappa shape index (κ1) is 32.0. The van der Waals surface area contributed by atoms with E-state index in [1.807, 2.05) is 0 Å². The van der Waals surface area contributed by atoms with E-state index in [-0.39, 0.29) is 0 Å². The number of benzene rings is 9. The zero-order chi connectivity index (χ0) is 37.0. The molecular weight excluding hydrogens is 677 g/mol. The Morgan fingerprint density at radius 3 is 0.911 bits per heavy atom. The Morgan fingerprint density at radius 2 is 0.554 bits per heavy atom. The van der Waals surface area contributed by atoms with Gasteiger partial charge in [0, 0.05) is 11.4 Å². The molecule has 2 heterocycles. The Morgan fingerprint density at radius 1 is 0.250 bits per heavy atom. The molecule has 0 saturated heterocycles. The molecule has 0 saturated carbocycles. The number of hydrogen-bond donors (Lipinski definition) is 0. The molecule has 0 amide bonds. The highest BCUT2D eigenvalue weighted by molar-refractivity contribution is 6.23. The number of para-hydroxylation sites is 4. The van der Waals surface area contributed by atoms with Crippen molar-refractivity contribution >= 4 is 80.0 Å². The Kier molecular flexibility index (Phi) is 7.53. The van der Waals surface area contributed by atoms with Crippen molar-refractivity contribution in [2.75, 3.05) is 9.80 Å². The second-order valence-electron chi connectivity index (χ2n) is 14.5. The molecule has 0 fully saturated rings. The Labute approximate surface area is 327 Å². The quantitative estimate of drug-likeness (QED) is 0.168. The Balaban J connectivity index is 1.25. The summed E-state index contributed by atoms with van der Waals surface area (Å²) in [5.41, 5.74) is 16.5. The standard InChI is InChI=1S/C54H36N2/c1-3-19-41(20-4-1)53-45-33-31-43(55-49-23-11-7-15-37(49)27-28-38-16-8-12-24-50(38)55)35-47(45)54(42-21-5-2-6-22-42)48-36-44(32-34-46(48)53)56-51-25-13-9-17-39(51)29-30-40-18-10-14-26-52(40)56/h1-36H. The predicted octanol–water partition coefficient (Wildman–Crippen LogP) is 15.2. The molecule has 0 aromatic heterocycles. The molecule has 56 heavy (non-hydrogen) atoms. The summed E-state index contributed by atoms with van der Waals surface area (Å²) in [4.78, 5) is 4.86. The Hall–Kier alpha value is -7.42. The van der Waals surface area contributed by atoms with Crippen molar-refractivity contribution in [3.63, 3.8) is 0 Å². The van der Waals surface area contributed by atoms with Crippen LogP contribution in [-0.2, 0) is 0 Å². The summed E-state index contributed by atoms with van der Waals surface area (Å²) in [7, 11) is 0. The van der Waals surface area contributed by atoms with Crippen LogP contribution in [0.2, 0.25) is 0 Å². The normalized spacial score (nSPS) is 12.8. The molecule has 0 N–H and O–H groups in total. The van der Waals surface area contributed by atoms with Crippen LogP contribution in [0.25, 0.3) is 68.1 Å². The fourth-order valence-corrected chi connectivity index (χ4v) is 8.82. The van der Waals surface area contributed by atoms with E-state index in [1.54, 1.807) is 0 Å². The molecule has 0 bridgehead atoms. The summed E-state index contributed by atoms with van der Waals surface area (Å²) < 4.78 is 0. The third kappa shape index (κ3) is 5.19. The van der Waals surface area contributed by atoms with Gasteiger partial charge in [-0.25, -0.2) is 0 Å². The van der Waals surface area contributed by atoms with Crippen LogP contribution in [-0.4, -0.2) is 0 Å². The van der Waals surface area contributed by atoms with Crippen LogP contribution in [0.15, 0.2) is 194 Å². The second kappa shape index (κ2) is 13.2. The van der Waals surface area contributed by atoms with Gasteiger partial charge < -0.3 is 9.80 Å². The van der Waals surface area contributed by atoms with Crippen molar-refractivity contribution in [3.05, 3.63) is 216 Å². The summed E-state index contributed by atoms with van der Waals surface area (Å²) in [5.74, 6) is 0. The van der Waals surface area contributed by atoms with Crippen LogP contribution in [0.4, 0.5) is 34.1 Å². The highest BCUT2D eigenvalue weighted by Crippen LogP contribution is 2.50. The van der Waals surface area contributed by atoms with Gasteiger partial charge in [-0.1, -0.05) is 170 Å². The highest BCUT2D eigenvalue weighted by atomic mass is 15.2. The lowest BCUT2D eigenvalue weighted by Gasteiger charge is -2.29.